The van der Waals surface area contributed by atoms with E-state index in [0.29, 0.717) is 24.3 Å². The highest BCUT2D eigenvalue weighted by Crippen LogP contribution is 2.31. The summed E-state index contributed by atoms with van der Waals surface area (Å²) in [6.45, 7) is 0.592. The summed E-state index contributed by atoms with van der Waals surface area (Å²) in [6, 6.07) is 7.92. The van der Waals surface area contributed by atoms with Crippen molar-refractivity contribution in [2.45, 2.75) is 69.9 Å². The number of carbonyl (C=O) groups is 2. The maximum absolute atomic E-state index is 12.7. The van der Waals surface area contributed by atoms with Crippen LogP contribution in [0.15, 0.2) is 24.3 Å². The summed E-state index contributed by atoms with van der Waals surface area (Å²) in [4.78, 5) is 27.2. The summed E-state index contributed by atoms with van der Waals surface area (Å²) in [5.74, 6) is 2.60. The smallest absolute Gasteiger partial charge is 0.243 e. The largest absolute Gasteiger partial charge is 0.490 e. The molecule has 5 nitrogen and oxygen atoms in total. The number of ether oxygens (including phenoxy) is 1. The van der Waals surface area contributed by atoms with Crippen molar-refractivity contribution in [3.8, 4) is 5.75 Å². The van der Waals surface area contributed by atoms with Crippen LogP contribution in [0.3, 0.4) is 0 Å². The highest BCUT2D eigenvalue weighted by atomic mass is 32.2. The van der Waals surface area contributed by atoms with Gasteiger partial charge in [-0.1, -0.05) is 25.0 Å². The van der Waals surface area contributed by atoms with E-state index in [4.69, 9.17) is 4.74 Å². The Kier molecular flexibility index (Phi) is 7.01. The molecule has 1 saturated heterocycles. The van der Waals surface area contributed by atoms with Gasteiger partial charge in [0.05, 0.1) is 12.0 Å². The van der Waals surface area contributed by atoms with Crippen LogP contribution in [0.5, 0.6) is 5.75 Å². The van der Waals surface area contributed by atoms with Gasteiger partial charge in [0.25, 0.3) is 0 Å². The van der Waals surface area contributed by atoms with Gasteiger partial charge >= 0.3 is 0 Å². The van der Waals surface area contributed by atoms with E-state index in [2.05, 4.69) is 17.4 Å². The number of rotatable bonds is 7. The third-order valence-corrected chi connectivity index (χ3v) is 7.43. The highest BCUT2D eigenvalue weighted by Gasteiger charge is 2.38. The topological polar surface area (TPSA) is 58.6 Å². The average Bonchev–Trinajstić information content (AvgIpc) is 3.50. The summed E-state index contributed by atoms with van der Waals surface area (Å²) >= 11 is 1.68. The SMILES string of the molecule is O=C(NCCc1ccc(OC2CCCC2)cc1)C1CSCN1C(=O)C1CCCC1. The Morgan fingerprint density at radius 2 is 1.72 bits per heavy atom. The van der Waals surface area contributed by atoms with E-state index in [0.717, 1.165) is 50.7 Å². The maximum Gasteiger partial charge on any atom is 0.243 e. The van der Waals surface area contributed by atoms with Crippen molar-refractivity contribution in [3.63, 3.8) is 0 Å². The van der Waals surface area contributed by atoms with Crippen molar-refractivity contribution in [2.75, 3.05) is 18.2 Å². The van der Waals surface area contributed by atoms with Crippen LogP contribution >= 0.6 is 11.8 Å². The Balaban J connectivity index is 1.22. The summed E-state index contributed by atoms with van der Waals surface area (Å²) in [5.41, 5.74) is 1.18. The molecule has 158 valence electrons. The Bertz CT molecular complexity index is 697. The molecule has 1 aromatic rings. The van der Waals surface area contributed by atoms with Crippen LogP contribution in [-0.4, -0.2) is 47.0 Å². The lowest BCUT2D eigenvalue weighted by atomic mass is 10.1. The van der Waals surface area contributed by atoms with E-state index < -0.39 is 0 Å². The molecule has 1 unspecified atom stereocenters. The second-order valence-electron chi connectivity index (χ2n) is 8.51. The monoisotopic (exact) mass is 416 g/mol. The van der Waals surface area contributed by atoms with Crippen LogP contribution in [0.4, 0.5) is 0 Å². The van der Waals surface area contributed by atoms with E-state index in [9.17, 15) is 9.59 Å². The number of thioether (sulfide) groups is 1. The van der Waals surface area contributed by atoms with Gasteiger partial charge in [0.1, 0.15) is 11.8 Å². The second kappa shape index (κ2) is 9.88. The molecule has 1 aromatic carbocycles. The summed E-state index contributed by atoms with van der Waals surface area (Å²) < 4.78 is 6.01. The summed E-state index contributed by atoms with van der Waals surface area (Å²) in [5, 5.41) is 3.04. The Morgan fingerprint density at radius 1 is 1.03 bits per heavy atom. The van der Waals surface area contributed by atoms with Crippen molar-refractivity contribution in [1.82, 2.24) is 10.2 Å². The molecule has 1 atom stereocenters. The molecule has 4 rings (SSSR count). The first-order valence-electron chi connectivity index (χ1n) is 11.1. The first kappa shape index (κ1) is 20.6. The van der Waals surface area contributed by atoms with Crippen molar-refractivity contribution < 1.29 is 14.3 Å². The maximum atomic E-state index is 12.7. The fourth-order valence-electron chi connectivity index (χ4n) is 4.67. The molecule has 6 heteroatoms. The number of carbonyl (C=O) groups excluding carboxylic acids is 2. The number of benzene rings is 1. The van der Waals surface area contributed by atoms with Crippen molar-refractivity contribution >= 4 is 23.6 Å². The van der Waals surface area contributed by atoms with E-state index in [1.54, 1.807) is 11.8 Å². The third kappa shape index (κ3) is 5.27. The molecule has 1 aliphatic heterocycles. The van der Waals surface area contributed by atoms with Gasteiger partial charge in [-0.05, 0) is 62.6 Å². The third-order valence-electron chi connectivity index (χ3n) is 6.41. The van der Waals surface area contributed by atoms with E-state index in [1.165, 1.54) is 18.4 Å². The van der Waals surface area contributed by atoms with Gasteiger partial charge in [-0.25, -0.2) is 0 Å². The summed E-state index contributed by atoms with van der Waals surface area (Å²) in [6.07, 6.45) is 10.3. The average molecular weight is 417 g/mol. The second-order valence-corrected chi connectivity index (χ2v) is 9.51. The molecule has 0 bridgehead atoms. The number of amides is 2. The molecule has 0 aromatic heterocycles. The van der Waals surface area contributed by atoms with Gasteiger partial charge in [-0.2, -0.15) is 0 Å². The van der Waals surface area contributed by atoms with Gasteiger partial charge in [-0.3, -0.25) is 9.59 Å². The number of hydrogen-bond donors (Lipinski definition) is 1. The molecule has 0 spiro atoms. The van der Waals surface area contributed by atoms with Crippen LogP contribution in [-0.2, 0) is 16.0 Å². The van der Waals surface area contributed by atoms with Crippen molar-refractivity contribution in [1.29, 1.82) is 0 Å². The predicted molar refractivity (Wildman–Crippen MR) is 116 cm³/mol. The van der Waals surface area contributed by atoms with E-state index >= 15 is 0 Å². The molecule has 1 N–H and O–H groups in total. The quantitative estimate of drug-likeness (QED) is 0.735. The first-order chi connectivity index (χ1) is 14.2. The fourth-order valence-corrected chi connectivity index (χ4v) is 5.83. The van der Waals surface area contributed by atoms with Gasteiger partial charge in [-0.15, -0.1) is 11.8 Å². The lowest BCUT2D eigenvalue weighted by Gasteiger charge is -2.25. The zero-order chi connectivity index (χ0) is 20.1. The Hall–Kier alpha value is -1.69. The lowest BCUT2D eigenvalue weighted by molar-refractivity contribution is -0.141. The van der Waals surface area contributed by atoms with Crippen LogP contribution in [0.2, 0.25) is 0 Å². The normalized spacial score (nSPS) is 22.9. The summed E-state index contributed by atoms with van der Waals surface area (Å²) in [7, 11) is 0. The number of nitrogens with one attached hydrogen (secondary N) is 1. The first-order valence-corrected chi connectivity index (χ1v) is 12.3. The zero-order valence-corrected chi connectivity index (χ0v) is 17.9. The van der Waals surface area contributed by atoms with Crippen LogP contribution < -0.4 is 10.1 Å². The minimum Gasteiger partial charge on any atom is -0.490 e. The standard InChI is InChI=1S/C23H32N2O3S/c26-22(21-15-29-16-25(21)23(27)18-5-1-2-6-18)24-14-13-17-9-11-20(12-10-17)28-19-7-3-4-8-19/h9-12,18-19,21H,1-8,13-16H2,(H,24,26). The fraction of sp³-hybridized carbons (Fsp3) is 0.652. The van der Waals surface area contributed by atoms with Gasteiger partial charge in [0.2, 0.25) is 11.8 Å². The number of nitrogens with zero attached hydrogens (tertiary/aromatic N) is 1. The minimum absolute atomic E-state index is 0.0115. The van der Waals surface area contributed by atoms with Gasteiger partial charge < -0.3 is 15.0 Å². The zero-order valence-electron chi connectivity index (χ0n) is 17.1. The van der Waals surface area contributed by atoms with E-state index in [-0.39, 0.29) is 23.8 Å². The van der Waals surface area contributed by atoms with Crippen LogP contribution in [0.1, 0.15) is 56.9 Å². The molecule has 3 aliphatic rings. The molecular weight excluding hydrogens is 384 g/mol. The molecule has 3 fully saturated rings. The molecular formula is C23H32N2O3S. The molecule has 0 radical (unpaired) electrons. The molecule has 29 heavy (non-hydrogen) atoms. The minimum atomic E-state index is -0.310. The predicted octanol–water partition coefficient (Wildman–Crippen LogP) is 3.76. The molecule has 2 saturated carbocycles. The molecule has 1 heterocycles. The van der Waals surface area contributed by atoms with Crippen LogP contribution in [0, 0.1) is 5.92 Å². The number of hydrogen-bond acceptors (Lipinski definition) is 4. The molecule has 2 amide bonds. The van der Waals surface area contributed by atoms with Crippen molar-refractivity contribution in [3.05, 3.63) is 29.8 Å². The molecule has 2 aliphatic carbocycles. The Morgan fingerprint density at radius 3 is 2.45 bits per heavy atom. The van der Waals surface area contributed by atoms with Crippen molar-refractivity contribution in [2.24, 2.45) is 5.92 Å². The van der Waals surface area contributed by atoms with Gasteiger partial charge in [0, 0.05) is 18.2 Å². The lowest BCUT2D eigenvalue weighted by Crippen LogP contribution is -2.49. The highest BCUT2D eigenvalue weighted by molar-refractivity contribution is 7.99. The Labute approximate surface area is 177 Å². The van der Waals surface area contributed by atoms with E-state index in [1.807, 2.05) is 17.0 Å². The van der Waals surface area contributed by atoms with Gasteiger partial charge in [0.15, 0.2) is 0 Å². The van der Waals surface area contributed by atoms with Crippen LogP contribution in [0.25, 0.3) is 0 Å².